The number of anilines is 2. The maximum absolute atomic E-state index is 13.9. The second kappa shape index (κ2) is 28.8. The molecule has 4 aromatic heterocycles. The lowest BCUT2D eigenvalue weighted by Gasteiger charge is -2.34. The molecule has 0 radical (unpaired) electrons. The van der Waals surface area contributed by atoms with Gasteiger partial charge in [0.2, 0.25) is 11.8 Å². The van der Waals surface area contributed by atoms with Crippen molar-refractivity contribution in [1.29, 1.82) is 0 Å². The quantitative estimate of drug-likeness (QED) is 0.0509. The van der Waals surface area contributed by atoms with Gasteiger partial charge >= 0.3 is 6.09 Å². The van der Waals surface area contributed by atoms with E-state index in [-0.39, 0.29) is 76.6 Å². The summed E-state index contributed by atoms with van der Waals surface area (Å²) in [6.45, 7) is 27.3. The highest BCUT2D eigenvalue weighted by Crippen LogP contribution is 2.51. The van der Waals surface area contributed by atoms with E-state index in [2.05, 4.69) is 222 Å². The van der Waals surface area contributed by atoms with Gasteiger partial charge in [-0.2, -0.15) is 0 Å². The average Bonchev–Trinajstić information content (AvgIpc) is 1.41. The normalized spacial score (nSPS) is 23.0. The summed E-state index contributed by atoms with van der Waals surface area (Å²) in [5.74, 6) is 4.04. The third kappa shape index (κ3) is 14.0. The van der Waals surface area contributed by atoms with E-state index in [1.807, 2.05) is 30.6 Å². The van der Waals surface area contributed by atoms with Crippen LogP contribution in [0.4, 0.5) is 16.2 Å². The Balaban J connectivity index is 0.000000177. The molecule has 19 nitrogen and oxygen atoms in total. The van der Waals surface area contributed by atoms with Crippen molar-refractivity contribution in [2.45, 2.75) is 218 Å². The zero-order valence-electron chi connectivity index (χ0n) is 63.0. The van der Waals surface area contributed by atoms with E-state index < -0.39 is 12.1 Å². The topological polar surface area (TPSA) is 224 Å². The molecule has 10 aromatic rings. The van der Waals surface area contributed by atoms with E-state index in [0.717, 1.165) is 151 Å². The number of ether oxygens (including phenoxy) is 1. The van der Waals surface area contributed by atoms with Crippen molar-refractivity contribution in [2.24, 2.45) is 17.8 Å². The van der Waals surface area contributed by atoms with E-state index in [1.54, 1.807) is 0 Å². The molecule has 10 atom stereocenters. The van der Waals surface area contributed by atoms with Crippen LogP contribution in [0.1, 0.15) is 258 Å². The lowest BCUT2D eigenvalue weighted by molar-refractivity contribution is -0.137. The number of amides is 3. The van der Waals surface area contributed by atoms with Gasteiger partial charge in [0.1, 0.15) is 29.3 Å². The molecule has 6 fully saturated rings. The maximum atomic E-state index is 13.9. The second-order valence-electron chi connectivity index (χ2n) is 33.3. The number of H-pyrrole nitrogens is 4. The predicted octanol–water partition coefficient (Wildman–Crippen LogP) is 17.5. The van der Waals surface area contributed by atoms with Crippen molar-refractivity contribution in [1.82, 2.24) is 65.6 Å². The van der Waals surface area contributed by atoms with Crippen LogP contribution in [0.3, 0.4) is 0 Å². The summed E-state index contributed by atoms with van der Waals surface area (Å²) in [6, 6.07) is 45.9. The molecule has 4 unspecified atom stereocenters. The van der Waals surface area contributed by atoms with Gasteiger partial charge in [-0.05, 0) is 219 Å². The minimum absolute atomic E-state index is 0.0273. The lowest BCUT2D eigenvalue weighted by Crippen LogP contribution is -2.51. The molecule has 3 amide bonds. The van der Waals surface area contributed by atoms with Crippen molar-refractivity contribution < 1.29 is 19.1 Å². The predicted molar refractivity (Wildman–Crippen MR) is 415 cm³/mol. The molecular formula is C85H107N15O4. The van der Waals surface area contributed by atoms with Crippen LogP contribution < -0.4 is 25.8 Å². The Morgan fingerprint density at radius 3 is 1.12 bits per heavy atom. The molecular weight excluding hydrogens is 1300 g/mol. The Kier molecular flexibility index (Phi) is 19.5. The summed E-state index contributed by atoms with van der Waals surface area (Å²) < 4.78 is 4.83. The molecule has 6 aliphatic heterocycles. The molecule has 104 heavy (non-hydrogen) atoms. The van der Waals surface area contributed by atoms with Crippen LogP contribution in [0, 0.1) is 17.8 Å². The van der Waals surface area contributed by atoms with Crippen LogP contribution >= 0.6 is 0 Å². The number of carbonyl (C=O) groups is 3. The SMILES string of the molecule is CC(C)(C)c1ccc(N2C(c3ccc4nc([C@@H]5CCCN5)[nH]c4c3)CCC2c2ccc3nc([C@@H]4CCCN4)[nH]c3c2)cc1.COC(=O)N[C@H](C(=O)N1CCC[C@H]1c1nc2ccc(C3CCC(c4ccc5nc([C@@H]6CCCN6C(=O)[C@@H](C)C(C)C)[nH]c5c4)N3c3ccc(C(C)(C)C)cc3)cc2[nH]1)C(C)C. The number of nitrogens with one attached hydrogen (secondary N) is 7. The molecule has 0 spiro atoms. The third-order valence-corrected chi connectivity index (χ3v) is 23.7. The average molecular weight is 1400 g/mol. The van der Waals surface area contributed by atoms with Gasteiger partial charge in [0.15, 0.2) is 0 Å². The Bertz CT molecular complexity index is 4630. The van der Waals surface area contributed by atoms with E-state index >= 15 is 0 Å². The van der Waals surface area contributed by atoms with E-state index in [4.69, 9.17) is 24.7 Å². The van der Waals surface area contributed by atoms with E-state index in [0.29, 0.717) is 18.6 Å². The van der Waals surface area contributed by atoms with Crippen LogP contribution in [0.25, 0.3) is 44.1 Å². The maximum Gasteiger partial charge on any atom is 0.407 e. The highest BCUT2D eigenvalue weighted by molar-refractivity contribution is 5.87. The highest BCUT2D eigenvalue weighted by atomic mass is 16.5. The number of rotatable bonds is 15. The first-order valence-electron chi connectivity index (χ1n) is 38.7. The van der Waals surface area contributed by atoms with Crippen LogP contribution in [-0.2, 0) is 25.2 Å². The summed E-state index contributed by atoms with van der Waals surface area (Å²) in [5.41, 5.74) is 18.5. The third-order valence-electron chi connectivity index (χ3n) is 23.7. The molecule has 7 N–H and O–H groups in total. The number of imidazole rings is 4. The first-order valence-corrected chi connectivity index (χ1v) is 38.7. The number of aromatic amines is 4. The van der Waals surface area contributed by atoms with Crippen LogP contribution in [0.2, 0.25) is 0 Å². The van der Waals surface area contributed by atoms with Gasteiger partial charge in [-0.1, -0.05) is 125 Å². The monoisotopic (exact) mass is 1400 g/mol. The number of hydrogen-bond donors (Lipinski definition) is 7. The zero-order chi connectivity index (χ0) is 72.5. The Hall–Kier alpha value is -9.07. The molecule has 16 rings (SSSR count). The Morgan fingerprint density at radius 1 is 0.433 bits per heavy atom. The number of alkyl carbamates (subject to hydrolysis) is 1. The van der Waals surface area contributed by atoms with Crippen LogP contribution in [0.15, 0.2) is 121 Å². The summed E-state index contributed by atoms with van der Waals surface area (Å²) in [5, 5.41) is 9.93. The fourth-order valence-electron chi connectivity index (χ4n) is 17.5. The first kappa shape index (κ1) is 70.6. The number of fused-ring (bicyclic) bond motifs is 4. The van der Waals surface area contributed by atoms with Gasteiger partial charge < -0.3 is 60.2 Å². The minimum Gasteiger partial charge on any atom is -0.453 e. The summed E-state index contributed by atoms with van der Waals surface area (Å²) >= 11 is 0. The van der Waals surface area contributed by atoms with Crippen molar-refractivity contribution in [2.75, 3.05) is 43.1 Å². The number of hydrogen-bond acceptors (Lipinski definition) is 12. The number of aromatic nitrogens is 8. The van der Waals surface area contributed by atoms with Gasteiger partial charge in [0.25, 0.3) is 0 Å². The molecule has 0 bridgehead atoms. The second-order valence-corrected chi connectivity index (χ2v) is 33.3. The van der Waals surface area contributed by atoms with E-state index in [9.17, 15) is 14.4 Å². The van der Waals surface area contributed by atoms with Gasteiger partial charge in [0.05, 0.1) is 99.6 Å². The van der Waals surface area contributed by atoms with Gasteiger partial charge in [-0.15, -0.1) is 0 Å². The number of nitrogens with zero attached hydrogens (tertiary/aromatic N) is 8. The number of benzene rings is 6. The highest BCUT2D eigenvalue weighted by Gasteiger charge is 2.42. The summed E-state index contributed by atoms with van der Waals surface area (Å²) in [6.07, 6.45) is 11.8. The van der Waals surface area contributed by atoms with Crippen LogP contribution in [-0.4, -0.2) is 107 Å². The molecule has 0 aliphatic carbocycles. The molecule has 6 saturated heterocycles. The summed E-state index contributed by atoms with van der Waals surface area (Å²) in [4.78, 5) is 83.3. The molecule has 10 heterocycles. The molecule has 0 saturated carbocycles. The molecule has 19 heteroatoms. The standard InChI is InChI=1S/C49H64N8O4.C36H43N7/c1-28(2)30(5)46(58)55-24-10-12-41(55)44-50-35-20-14-31(26-37(35)52-44)39-22-23-40(57(39)34-18-16-33(17-19-34)49(6,7)8)32-15-21-36-38(27-32)53-45(51-36)42-13-11-25-56(42)47(59)43(29(3)4)54-48(60)61-9;1-36(2,3)24-10-12-25(13-11-24)43-32(22-8-14-26-30(20-22)41-34(39-26)28-6-4-18-37-28)16-17-33(43)23-9-15-27-31(21-23)42-35(40-27)29-7-5-19-38-29/h14-21,26-30,39-43H,10-13,22-25H2,1-9H3,(H,50,52)(H,51,53)(H,54,60);8-15,20-21,28-29,32-33,37-38H,4-7,16-19H2,1-3H3,(H,39,41)(H,40,42)/t30-,39?,40?,41-,42-,43-;28-,29-,32?,33?/m00/s1. The Morgan fingerprint density at radius 2 is 0.788 bits per heavy atom. The molecule has 6 aliphatic rings. The smallest absolute Gasteiger partial charge is 0.407 e. The number of methoxy groups -OCH3 is 1. The van der Waals surface area contributed by atoms with Gasteiger partial charge in [-0.3, -0.25) is 9.59 Å². The number of carbonyl (C=O) groups excluding carboxylic acids is 3. The zero-order valence-corrected chi connectivity index (χ0v) is 63.0. The van der Waals surface area contributed by atoms with E-state index in [1.165, 1.54) is 64.7 Å². The molecule has 546 valence electrons. The van der Waals surface area contributed by atoms with Crippen LogP contribution in [0.5, 0.6) is 0 Å². The Labute approximate surface area is 612 Å². The van der Waals surface area contributed by atoms with Crippen molar-refractivity contribution in [3.05, 3.63) is 178 Å². The minimum atomic E-state index is -0.689. The van der Waals surface area contributed by atoms with Crippen molar-refractivity contribution >= 4 is 73.4 Å². The molecule has 6 aromatic carbocycles. The lowest BCUT2D eigenvalue weighted by atomic mass is 9.87. The fraction of sp³-hybridized carbons (Fsp3) is 0.494. The van der Waals surface area contributed by atoms with Crippen molar-refractivity contribution in [3.8, 4) is 0 Å². The van der Waals surface area contributed by atoms with Gasteiger partial charge in [-0.25, -0.2) is 24.7 Å². The first-order chi connectivity index (χ1) is 50.0. The number of likely N-dealkylation sites (tertiary alicyclic amines) is 2. The van der Waals surface area contributed by atoms with Gasteiger partial charge in [0, 0.05) is 30.4 Å². The fourth-order valence-corrected chi connectivity index (χ4v) is 17.5. The van der Waals surface area contributed by atoms with Crippen molar-refractivity contribution in [3.63, 3.8) is 0 Å². The summed E-state index contributed by atoms with van der Waals surface area (Å²) in [7, 11) is 1.31. The largest absolute Gasteiger partial charge is 0.453 e.